The third-order valence-electron chi connectivity index (χ3n) is 9.03. The van der Waals surface area contributed by atoms with Gasteiger partial charge in [0.05, 0.1) is 12.2 Å². The van der Waals surface area contributed by atoms with Crippen molar-refractivity contribution in [2.24, 2.45) is 0 Å². The van der Waals surface area contributed by atoms with Gasteiger partial charge in [-0.3, -0.25) is 23.9 Å². The van der Waals surface area contributed by atoms with Gasteiger partial charge in [0.15, 0.2) is 0 Å². The Bertz CT molecular complexity index is 2050. The van der Waals surface area contributed by atoms with Gasteiger partial charge < -0.3 is 22.2 Å². The molecule has 284 valence electrons. The van der Waals surface area contributed by atoms with Crippen LogP contribution in [0.15, 0.2) is 65.6 Å². The van der Waals surface area contributed by atoms with Crippen LogP contribution in [0.5, 0.6) is 11.5 Å². The first-order valence-corrected chi connectivity index (χ1v) is 16.8. The van der Waals surface area contributed by atoms with Crippen LogP contribution in [0.2, 0.25) is 0 Å². The van der Waals surface area contributed by atoms with Crippen molar-refractivity contribution in [2.45, 2.75) is 66.0 Å². The Hall–Kier alpha value is -2.99. The first-order chi connectivity index (χ1) is 24.6. The number of aromatic nitrogens is 1. The van der Waals surface area contributed by atoms with Crippen molar-refractivity contribution in [3.05, 3.63) is 123 Å². The van der Waals surface area contributed by atoms with Crippen LogP contribution in [0.1, 0.15) is 58.8 Å². The van der Waals surface area contributed by atoms with Crippen LogP contribution in [0.3, 0.4) is 0 Å². The predicted octanol–water partition coefficient (Wildman–Crippen LogP) is 4.83. The topological polar surface area (TPSA) is 89.9 Å². The van der Waals surface area contributed by atoms with Gasteiger partial charge >= 0.3 is 81.0 Å². The van der Waals surface area contributed by atoms with Crippen LogP contribution in [0.4, 0.5) is 22.0 Å². The molecule has 4 aromatic rings. The molecule has 6 rings (SSSR count). The Balaban J connectivity index is 0.000000907. The van der Waals surface area contributed by atoms with E-state index in [4.69, 9.17) is 4.74 Å². The van der Waals surface area contributed by atoms with Crippen molar-refractivity contribution in [3.63, 3.8) is 0 Å². The summed E-state index contributed by atoms with van der Waals surface area (Å²) in [5.74, 6) is -0.623. The summed E-state index contributed by atoms with van der Waals surface area (Å²) in [7, 11) is 0. The fourth-order valence-electron chi connectivity index (χ4n) is 6.44. The number of alkyl halides is 4. The van der Waals surface area contributed by atoms with Crippen LogP contribution >= 0.6 is 0 Å². The zero-order chi connectivity index (χ0) is 37.9. The molecule has 0 spiro atoms. The maximum Gasteiger partial charge on any atom is 1.00 e. The van der Waals surface area contributed by atoms with Gasteiger partial charge in [0.2, 0.25) is 5.91 Å². The largest absolute Gasteiger partial charge is 1.00 e. The molecule has 54 heavy (non-hydrogen) atoms. The number of benzene rings is 3. The standard InChI is InChI=1S/C35H32F5N3O3.C4H8O2.CH3.Cs/c1-19-7-8-26-13-27(19)33(43-16-22(9-10-42-17-25(36)18-42)28(14-30(43)44)35(38,39)40)34(45)41-15-24-12-23(11-21(3)32(24)37)31-20(2)5-4-6-29(31)46-26;1-3-6-4(2)5;;/h4-8,11-14,16,25,33H,9-10,15,17-18H2,1-3H3,(H,41,45);3H2,1-2H3;1H3;/q;;-1;+1. The fraction of sp³-hybridized carbons (Fsp3) is 0.350. The van der Waals surface area contributed by atoms with E-state index in [0.717, 1.165) is 21.9 Å². The van der Waals surface area contributed by atoms with E-state index in [1.165, 1.54) is 6.92 Å². The van der Waals surface area contributed by atoms with Gasteiger partial charge in [-0.15, -0.1) is 0 Å². The Morgan fingerprint density at radius 2 is 1.70 bits per heavy atom. The summed E-state index contributed by atoms with van der Waals surface area (Å²) >= 11 is 0. The Morgan fingerprint density at radius 1 is 1.00 bits per heavy atom. The second-order valence-electron chi connectivity index (χ2n) is 12.9. The summed E-state index contributed by atoms with van der Waals surface area (Å²) in [4.78, 5) is 39.0. The van der Waals surface area contributed by atoms with Crippen molar-refractivity contribution >= 4 is 11.9 Å². The number of esters is 1. The second-order valence-corrected chi connectivity index (χ2v) is 12.9. The quantitative estimate of drug-likeness (QED) is 0.176. The number of likely N-dealkylation sites (tertiary alicyclic amines) is 1. The molecule has 1 fully saturated rings. The second kappa shape index (κ2) is 19.2. The summed E-state index contributed by atoms with van der Waals surface area (Å²) in [6.45, 7) is 9.05. The predicted molar refractivity (Wildman–Crippen MR) is 192 cm³/mol. The third kappa shape index (κ3) is 10.6. The number of hydrogen-bond donors (Lipinski definition) is 1. The van der Waals surface area contributed by atoms with Crippen LogP contribution in [0, 0.1) is 34.0 Å². The molecule has 0 aliphatic carbocycles. The minimum atomic E-state index is -4.83. The fourth-order valence-corrected chi connectivity index (χ4v) is 6.44. The Morgan fingerprint density at radius 3 is 2.31 bits per heavy atom. The number of nitrogens with zero attached hydrogens (tertiary/aromatic N) is 2. The van der Waals surface area contributed by atoms with Gasteiger partial charge in [0.25, 0.3) is 5.56 Å². The van der Waals surface area contributed by atoms with Crippen molar-refractivity contribution in [3.8, 4) is 22.6 Å². The Kier molecular flexibility index (Phi) is 16.2. The third-order valence-corrected chi connectivity index (χ3v) is 9.03. The molecular weight excluding hydrogens is 830 g/mol. The number of pyridine rings is 1. The summed E-state index contributed by atoms with van der Waals surface area (Å²) in [5, 5.41) is 2.73. The molecule has 3 aromatic carbocycles. The number of amides is 1. The molecule has 1 amide bonds. The van der Waals surface area contributed by atoms with Crippen molar-refractivity contribution < 1.29 is 110 Å². The van der Waals surface area contributed by atoms with E-state index in [0.29, 0.717) is 46.4 Å². The van der Waals surface area contributed by atoms with Gasteiger partial charge in [-0.2, -0.15) is 13.2 Å². The minimum Gasteiger partial charge on any atom is -0.466 e. The molecule has 1 N–H and O–H groups in total. The number of halogens is 5. The van der Waals surface area contributed by atoms with Crippen molar-refractivity contribution in [1.29, 1.82) is 0 Å². The number of hydrogen-bond acceptors (Lipinski definition) is 6. The molecule has 1 unspecified atom stereocenters. The average molecular weight is 874 g/mol. The van der Waals surface area contributed by atoms with Crippen LogP contribution < -0.4 is 84.5 Å². The SMILES string of the molecule is CCOC(C)=O.Cc1ccc2cc1C(n1cc(CCN3CC(F)C3)c(C(F)(F)F)cc1=O)C(=O)NCc1cc(cc(C)c1F)-c1c(C)cccc1O2.[CH3-].[Cs+]. The van der Waals surface area contributed by atoms with E-state index in [1.807, 2.05) is 19.1 Å². The summed E-state index contributed by atoms with van der Waals surface area (Å²) in [6, 6.07) is 12.9. The smallest absolute Gasteiger partial charge is 0.466 e. The number of carbonyl (C=O) groups excluding carboxylic acids is 2. The van der Waals surface area contributed by atoms with Gasteiger partial charge in [0, 0.05) is 56.5 Å². The van der Waals surface area contributed by atoms with Crippen LogP contribution in [-0.4, -0.2) is 53.8 Å². The molecule has 1 saturated heterocycles. The van der Waals surface area contributed by atoms with Gasteiger partial charge in [-0.05, 0) is 97.8 Å². The molecule has 3 heterocycles. The number of rotatable bonds is 5. The summed E-state index contributed by atoms with van der Waals surface area (Å²) < 4.78 is 82.8. The van der Waals surface area contributed by atoms with Gasteiger partial charge in [-0.25, -0.2) is 8.78 Å². The summed E-state index contributed by atoms with van der Waals surface area (Å²) in [6.07, 6.45) is -4.90. The normalized spacial score (nSPS) is 15.4. The monoisotopic (exact) mass is 873 g/mol. The first kappa shape index (κ1) is 45.4. The molecule has 2 aliphatic rings. The van der Waals surface area contributed by atoms with E-state index < -0.39 is 41.2 Å². The van der Waals surface area contributed by atoms with E-state index in [2.05, 4.69) is 10.1 Å². The zero-order valence-electron chi connectivity index (χ0n) is 31.5. The number of aryl methyl sites for hydroxylation is 3. The molecule has 8 nitrogen and oxygen atoms in total. The molecule has 2 aliphatic heterocycles. The van der Waals surface area contributed by atoms with E-state index in [-0.39, 0.29) is 126 Å². The maximum atomic E-state index is 15.4. The summed E-state index contributed by atoms with van der Waals surface area (Å²) in [5.41, 5.74) is 1.40. The average Bonchev–Trinajstić information content (AvgIpc) is 3.05. The number of fused-ring (bicyclic) bond motifs is 6. The molecule has 1 atom stereocenters. The molecular formula is C40H43CsF5N3O5. The van der Waals surface area contributed by atoms with Crippen molar-refractivity contribution in [1.82, 2.24) is 14.8 Å². The molecule has 14 heteroatoms. The number of ether oxygens (including phenoxy) is 2. The van der Waals surface area contributed by atoms with Crippen LogP contribution in [0.25, 0.3) is 11.1 Å². The van der Waals surface area contributed by atoms with E-state index in [9.17, 15) is 31.9 Å². The molecule has 4 bridgehead atoms. The minimum absolute atomic E-state index is 0. The maximum absolute atomic E-state index is 15.4. The van der Waals surface area contributed by atoms with E-state index in [1.54, 1.807) is 62.1 Å². The van der Waals surface area contributed by atoms with Gasteiger partial charge in [0.1, 0.15) is 29.5 Å². The number of nitrogens with one attached hydrogen (secondary N) is 1. The zero-order valence-corrected chi connectivity index (χ0v) is 37.8. The van der Waals surface area contributed by atoms with E-state index >= 15 is 4.39 Å². The molecule has 1 aromatic heterocycles. The number of carbonyl (C=O) groups is 2. The van der Waals surface area contributed by atoms with Crippen molar-refractivity contribution in [2.75, 3.05) is 26.2 Å². The van der Waals surface area contributed by atoms with Crippen LogP contribution in [-0.2, 0) is 33.5 Å². The van der Waals surface area contributed by atoms with Gasteiger partial charge in [-0.1, -0.05) is 18.2 Å². The Labute approximate surface area is 370 Å². The molecule has 0 radical (unpaired) electrons. The molecule has 0 saturated carbocycles. The first-order valence-electron chi connectivity index (χ1n) is 16.8.